The van der Waals surface area contributed by atoms with Gasteiger partial charge in [0.25, 0.3) is 0 Å². The first kappa shape index (κ1) is 12.5. The van der Waals surface area contributed by atoms with Gasteiger partial charge in [0.05, 0.1) is 23.8 Å². The van der Waals surface area contributed by atoms with Crippen LogP contribution in [0, 0.1) is 12.3 Å². The van der Waals surface area contributed by atoms with E-state index in [4.69, 9.17) is 4.43 Å². The third kappa shape index (κ3) is 3.17. The Kier molecular flexibility index (Phi) is 3.73. The highest BCUT2D eigenvalue weighted by Gasteiger charge is 2.30. The summed E-state index contributed by atoms with van der Waals surface area (Å²) in [4.78, 5) is 7.44. The zero-order chi connectivity index (χ0) is 11.6. The molecule has 0 bridgehead atoms. The Morgan fingerprint density at radius 2 is 2.00 bits per heavy atom. The van der Waals surface area contributed by atoms with E-state index in [9.17, 15) is 0 Å². The molecule has 4 heteroatoms. The molecule has 1 N–H and O–H groups in total. The lowest BCUT2D eigenvalue weighted by Crippen LogP contribution is -2.26. The van der Waals surface area contributed by atoms with Crippen molar-refractivity contribution in [2.75, 3.05) is 0 Å². The average Bonchev–Trinajstić information content (AvgIpc) is 2.45. The lowest BCUT2D eigenvalue weighted by Gasteiger charge is -2.32. The van der Waals surface area contributed by atoms with E-state index in [1.807, 2.05) is 6.92 Å². The minimum Gasteiger partial charge on any atom is -0.412 e. The van der Waals surface area contributed by atoms with Gasteiger partial charge >= 0.3 is 0 Å². The van der Waals surface area contributed by atoms with Crippen LogP contribution in [-0.2, 0) is 4.43 Å². The van der Waals surface area contributed by atoms with Crippen molar-refractivity contribution in [2.45, 2.75) is 46.9 Å². The van der Waals surface area contributed by atoms with E-state index in [1.165, 1.54) is 0 Å². The zero-order valence-electron chi connectivity index (χ0n) is 10.6. The molecule has 0 aliphatic rings. The monoisotopic (exact) mass is 226 g/mol. The quantitative estimate of drug-likeness (QED) is 0.805. The van der Waals surface area contributed by atoms with Crippen LogP contribution in [0.5, 0.6) is 0 Å². The molecular formula is C11H22N2OSi. The highest BCUT2D eigenvalue weighted by molar-refractivity contribution is 6.48. The highest BCUT2D eigenvalue weighted by atomic mass is 28.3. The Labute approximate surface area is 94.0 Å². The summed E-state index contributed by atoms with van der Waals surface area (Å²) in [5.41, 5.74) is 2.28. The first-order chi connectivity index (χ1) is 6.82. The largest absolute Gasteiger partial charge is 0.412 e. The molecule has 0 aliphatic heterocycles. The summed E-state index contributed by atoms with van der Waals surface area (Å²) in [5.74, 6) is 0. The molecule has 0 spiro atoms. The van der Waals surface area contributed by atoms with Gasteiger partial charge in [-0.15, -0.1) is 0 Å². The van der Waals surface area contributed by atoms with E-state index >= 15 is 0 Å². The second-order valence-electron chi connectivity index (χ2n) is 5.33. The molecule has 3 nitrogen and oxygen atoms in total. The molecule has 0 aliphatic carbocycles. The van der Waals surface area contributed by atoms with E-state index in [0.717, 1.165) is 11.4 Å². The van der Waals surface area contributed by atoms with Crippen molar-refractivity contribution in [2.24, 2.45) is 5.41 Å². The van der Waals surface area contributed by atoms with Crippen LogP contribution >= 0.6 is 0 Å². The van der Waals surface area contributed by atoms with Crippen LogP contribution in [0.15, 0.2) is 6.33 Å². The predicted octanol–water partition coefficient (Wildman–Crippen LogP) is 2.81. The number of hydrogen-bond donors (Lipinski definition) is 1. The summed E-state index contributed by atoms with van der Waals surface area (Å²) in [6.45, 7) is 13.0. The van der Waals surface area contributed by atoms with Crippen molar-refractivity contribution in [1.82, 2.24) is 9.97 Å². The molecule has 1 rings (SSSR count). The van der Waals surface area contributed by atoms with Crippen LogP contribution in [0.3, 0.4) is 0 Å². The zero-order valence-corrected chi connectivity index (χ0v) is 11.7. The SMILES string of the molecule is Cc1nc[nH]c1C(O[SiH](C)C)C(C)(C)C. The normalized spacial score (nSPS) is 14.6. The van der Waals surface area contributed by atoms with Gasteiger partial charge in [0.15, 0.2) is 9.04 Å². The third-order valence-corrected chi connectivity index (χ3v) is 3.14. The Balaban J connectivity index is 2.97. The van der Waals surface area contributed by atoms with Gasteiger partial charge in [-0.1, -0.05) is 20.8 Å². The lowest BCUT2D eigenvalue weighted by molar-refractivity contribution is 0.0825. The first-order valence-electron chi connectivity index (χ1n) is 5.47. The molecule has 0 amide bonds. The number of nitrogens with one attached hydrogen (secondary N) is 1. The molecule has 0 saturated heterocycles. The summed E-state index contributed by atoms with van der Waals surface area (Å²) in [7, 11) is -1.04. The van der Waals surface area contributed by atoms with Gasteiger partial charge in [-0.25, -0.2) is 4.98 Å². The molecule has 86 valence electrons. The molecule has 1 aromatic rings. The average molecular weight is 226 g/mol. The minimum absolute atomic E-state index is 0.106. The van der Waals surface area contributed by atoms with Crippen molar-refractivity contribution in [3.8, 4) is 0 Å². The number of nitrogens with zero attached hydrogens (tertiary/aromatic N) is 1. The Morgan fingerprint density at radius 1 is 1.40 bits per heavy atom. The number of aromatic amines is 1. The van der Waals surface area contributed by atoms with Crippen LogP contribution in [0.4, 0.5) is 0 Å². The molecule has 1 unspecified atom stereocenters. The van der Waals surface area contributed by atoms with Gasteiger partial charge in [0, 0.05) is 0 Å². The maximum absolute atomic E-state index is 6.11. The topological polar surface area (TPSA) is 37.9 Å². The number of H-pyrrole nitrogens is 1. The van der Waals surface area contributed by atoms with Crippen LogP contribution < -0.4 is 0 Å². The predicted molar refractivity (Wildman–Crippen MR) is 65.5 cm³/mol. The van der Waals surface area contributed by atoms with Crippen molar-refractivity contribution in [3.63, 3.8) is 0 Å². The fourth-order valence-electron chi connectivity index (χ4n) is 1.62. The number of hydrogen-bond acceptors (Lipinski definition) is 2. The molecule has 15 heavy (non-hydrogen) atoms. The van der Waals surface area contributed by atoms with Crippen molar-refractivity contribution in [1.29, 1.82) is 0 Å². The van der Waals surface area contributed by atoms with E-state index < -0.39 is 9.04 Å². The summed E-state index contributed by atoms with van der Waals surface area (Å²) in [6.07, 6.45) is 1.88. The molecule has 0 aromatic carbocycles. The molecule has 1 atom stereocenters. The van der Waals surface area contributed by atoms with Crippen molar-refractivity contribution in [3.05, 3.63) is 17.7 Å². The van der Waals surface area contributed by atoms with Gasteiger partial charge in [0.2, 0.25) is 0 Å². The molecular weight excluding hydrogens is 204 g/mol. The van der Waals surface area contributed by atoms with E-state index in [2.05, 4.69) is 43.8 Å². The summed E-state index contributed by atoms with van der Waals surface area (Å²) < 4.78 is 6.11. The minimum atomic E-state index is -1.04. The van der Waals surface area contributed by atoms with Crippen molar-refractivity contribution < 1.29 is 4.43 Å². The third-order valence-electron chi connectivity index (χ3n) is 2.33. The highest BCUT2D eigenvalue weighted by Crippen LogP contribution is 2.36. The Hall–Kier alpha value is -0.613. The van der Waals surface area contributed by atoms with Gasteiger partial charge in [-0.3, -0.25) is 0 Å². The Morgan fingerprint density at radius 3 is 2.33 bits per heavy atom. The van der Waals surface area contributed by atoms with E-state index in [1.54, 1.807) is 6.33 Å². The number of aromatic nitrogens is 2. The maximum Gasteiger partial charge on any atom is 0.171 e. The molecule has 1 heterocycles. The molecule has 0 radical (unpaired) electrons. The second kappa shape index (κ2) is 4.49. The van der Waals surface area contributed by atoms with Gasteiger partial charge < -0.3 is 9.41 Å². The molecule has 0 fully saturated rings. The summed E-state index contributed by atoms with van der Waals surface area (Å²) in [5, 5.41) is 0. The molecule has 1 aromatic heterocycles. The second-order valence-corrected chi connectivity index (χ2v) is 7.70. The van der Waals surface area contributed by atoms with Crippen LogP contribution in [0.1, 0.15) is 38.3 Å². The van der Waals surface area contributed by atoms with Crippen LogP contribution in [-0.4, -0.2) is 19.0 Å². The number of rotatable bonds is 3. The molecule has 0 saturated carbocycles. The Bertz CT molecular complexity index is 315. The first-order valence-corrected chi connectivity index (χ1v) is 8.25. The van der Waals surface area contributed by atoms with E-state index in [-0.39, 0.29) is 11.5 Å². The van der Waals surface area contributed by atoms with Gasteiger partial charge in [0.1, 0.15) is 0 Å². The van der Waals surface area contributed by atoms with Crippen LogP contribution in [0.2, 0.25) is 13.1 Å². The van der Waals surface area contributed by atoms with Gasteiger partial charge in [-0.05, 0) is 25.4 Å². The van der Waals surface area contributed by atoms with Gasteiger partial charge in [-0.2, -0.15) is 0 Å². The smallest absolute Gasteiger partial charge is 0.171 e. The summed E-state index contributed by atoms with van der Waals surface area (Å²) in [6, 6.07) is 0. The summed E-state index contributed by atoms with van der Waals surface area (Å²) >= 11 is 0. The fraction of sp³-hybridized carbons (Fsp3) is 0.727. The number of imidazole rings is 1. The standard InChI is InChI=1S/C11H22N2OSi/c1-8-9(13-7-12-8)10(11(2,3)4)14-15(5)6/h7,10,15H,1-6H3,(H,12,13). The van der Waals surface area contributed by atoms with E-state index in [0.29, 0.717) is 0 Å². The van der Waals surface area contributed by atoms with Crippen LogP contribution in [0.25, 0.3) is 0 Å². The maximum atomic E-state index is 6.11. The van der Waals surface area contributed by atoms with Crippen molar-refractivity contribution >= 4 is 9.04 Å². The fourth-order valence-corrected chi connectivity index (χ4v) is 2.70. The lowest BCUT2D eigenvalue weighted by atomic mass is 9.87. The number of aryl methyl sites for hydroxylation is 1.